The molecule has 0 aliphatic carbocycles. The summed E-state index contributed by atoms with van der Waals surface area (Å²) in [6.07, 6.45) is 0. The van der Waals surface area contributed by atoms with Gasteiger partial charge in [-0.25, -0.2) is 0 Å². The van der Waals surface area contributed by atoms with Crippen LogP contribution in [0.4, 0.5) is 22.7 Å². The summed E-state index contributed by atoms with van der Waals surface area (Å²) >= 11 is -10.9. The van der Waals surface area contributed by atoms with Gasteiger partial charge in [-0.3, -0.25) is 0 Å². The van der Waals surface area contributed by atoms with Crippen molar-refractivity contribution in [2.24, 2.45) is 20.5 Å². The summed E-state index contributed by atoms with van der Waals surface area (Å²) in [6, 6.07) is 16.7. The van der Waals surface area contributed by atoms with Crippen molar-refractivity contribution in [3.8, 4) is 34.1 Å². The molecule has 0 bridgehead atoms. The van der Waals surface area contributed by atoms with Crippen LogP contribution in [-0.4, -0.2) is 65.2 Å². The first kappa shape index (κ1) is 28.8. The molecule has 14 nitrogen and oxygen atoms in total. The molecule has 0 fully saturated rings. The molecule has 0 saturated heterocycles. The summed E-state index contributed by atoms with van der Waals surface area (Å²) in [5.41, 5.74) is 1.84. The van der Waals surface area contributed by atoms with E-state index in [1.807, 2.05) is 0 Å². The number of hydrogen-bond acceptors (Lipinski definition) is 10. The van der Waals surface area contributed by atoms with Crippen LogP contribution in [0.25, 0.3) is 11.1 Å². The van der Waals surface area contributed by atoms with E-state index in [9.17, 15) is 44.3 Å². The fourth-order valence-electron chi connectivity index (χ4n) is 3.40. The third-order valence-corrected chi connectivity index (χ3v) is 9.52. The molecule has 0 aliphatic heterocycles. The molecular formula is C24H20As2N4O10. The first-order valence-corrected chi connectivity index (χ1v) is 17.8. The van der Waals surface area contributed by atoms with Gasteiger partial charge in [0, 0.05) is 0 Å². The van der Waals surface area contributed by atoms with E-state index in [1.165, 1.54) is 0 Å². The van der Waals surface area contributed by atoms with E-state index in [1.54, 1.807) is 48.5 Å². The standard InChI is InChI=1S/C24H20As2N4O10/c31-21-11-23(33)19(9-17(21)25(35,36)37)29-27-15-5-1-13(2-6-15)14-3-7-16(8-4-14)28-30-20-10-18(26(38,39)40)22(32)12-24(20)34/h1-12,31-34H,(H2,35,36,37)(H2,38,39,40). The zero-order valence-electron chi connectivity index (χ0n) is 20.0. The Morgan fingerprint density at radius 3 is 1.07 bits per heavy atom. The SMILES string of the molecule is O=[As](O)(O)c1cc(N=Nc2ccc(-c3ccc(N=Nc4cc([As](=O)(O)O)c(O)cc4O)cc3)cc2)c(O)cc1O. The van der Waals surface area contributed by atoms with Crippen molar-refractivity contribution in [3.63, 3.8) is 0 Å². The molecule has 0 heterocycles. The fourth-order valence-corrected chi connectivity index (χ4v) is 6.14. The number of hydrogen-bond donors (Lipinski definition) is 8. The predicted octanol–water partition coefficient (Wildman–Crippen LogP) is 2.13. The number of phenols is 4. The third kappa shape index (κ3) is 6.69. The van der Waals surface area contributed by atoms with Crippen LogP contribution in [0, 0.1) is 0 Å². The maximum absolute atomic E-state index is 11.5. The Labute approximate surface area is 230 Å². The molecule has 0 radical (unpaired) electrons. The second-order valence-corrected chi connectivity index (χ2v) is 14.8. The third-order valence-electron chi connectivity index (χ3n) is 5.39. The minimum atomic E-state index is -5.46. The van der Waals surface area contributed by atoms with Gasteiger partial charge in [0.25, 0.3) is 0 Å². The van der Waals surface area contributed by atoms with Crippen LogP contribution in [-0.2, 0) is 7.48 Å². The first-order chi connectivity index (χ1) is 18.7. The van der Waals surface area contributed by atoms with Crippen molar-refractivity contribution >= 4 is 59.8 Å². The normalized spacial score (nSPS) is 12.4. The van der Waals surface area contributed by atoms with Crippen molar-refractivity contribution in [3.05, 3.63) is 72.8 Å². The fraction of sp³-hybridized carbons (Fsp3) is 0. The molecule has 0 saturated carbocycles. The van der Waals surface area contributed by atoms with Gasteiger partial charge < -0.3 is 0 Å². The van der Waals surface area contributed by atoms with Gasteiger partial charge in [-0.2, -0.15) is 0 Å². The van der Waals surface area contributed by atoms with Gasteiger partial charge in [0.05, 0.1) is 0 Å². The molecule has 40 heavy (non-hydrogen) atoms. The molecule has 0 atom stereocenters. The van der Waals surface area contributed by atoms with Gasteiger partial charge in [0.1, 0.15) is 0 Å². The number of phenolic OH excluding ortho intramolecular Hbond substituents is 4. The zero-order chi connectivity index (χ0) is 29.2. The van der Waals surface area contributed by atoms with Crippen LogP contribution in [0.3, 0.4) is 0 Å². The summed E-state index contributed by atoms with van der Waals surface area (Å²) in [5.74, 6) is -2.50. The molecular weight excluding hydrogens is 654 g/mol. The average molecular weight is 674 g/mol. The minimum absolute atomic E-state index is 0.231. The summed E-state index contributed by atoms with van der Waals surface area (Å²) in [6.45, 7) is 0. The second kappa shape index (κ2) is 11.1. The van der Waals surface area contributed by atoms with Gasteiger partial charge in [0.15, 0.2) is 0 Å². The summed E-state index contributed by atoms with van der Waals surface area (Å²) in [4.78, 5) is 0. The van der Waals surface area contributed by atoms with Crippen LogP contribution < -0.4 is 8.70 Å². The van der Waals surface area contributed by atoms with Gasteiger partial charge >= 0.3 is 231 Å². The van der Waals surface area contributed by atoms with Crippen molar-refractivity contribution in [1.29, 1.82) is 0 Å². The molecule has 16 heteroatoms. The molecule has 0 spiro atoms. The van der Waals surface area contributed by atoms with E-state index in [0.29, 0.717) is 11.4 Å². The Kier molecular flexibility index (Phi) is 8.03. The van der Waals surface area contributed by atoms with Crippen LogP contribution in [0.5, 0.6) is 23.0 Å². The molecule has 8 N–H and O–H groups in total. The Balaban J connectivity index is 1.49. The monoisotopic (exact) mass is 674 g/mol. The average Bonchev–Trinajstić information content (AvgIpc) is 2.87. The van der Waals surface area contributed by atoms with E-state index in [-0.39, 0.29) is 11.4 Å². The van der Waals surface area contributed by atoms with Crippen molar-refractivity contribution in [2.75, 3.05) is 0 Å². The predicted molar refractivity (Wildman–Crippen MR) is 141 cm³/mol. The van der Waals surface area contributed by atoms with Crippen molar-refractivity contribution in [1.82, 2.24) is 0 Å². The number of rotatable bonds is 7. The van der Waals surface area contributed by atoms with Crippen LogP contribution in [0.15, 0.2) is 93.3 Å². The molecule has 0 aromatic heterocycles. The molecule has 4 aromatic rings. The van der Waals surface area contributed by atoms with Gasteiger partial charge in [-0.1, -0.05) is 0 Å². The van der Waals surface area contributed by atoms with Crippen LogP contribution >= 0.6 is 0 Å². The maximum atomic E-state index is 11.5. The summed E-state index contributed by atoms with van der Waals surface area (Å²) in [7, 11) is 0. The van der Waals surface area contributed by atoms with E-state index in [2.05, 4.69) is 20.5 Å². The van der Waals surface area contributed by atoms with Gasteiger partial charge in [-0.05, 0) is 0 Å². The van der Waals surface area contributed by atoms with E-state index < -0.39 is 60.0 Å². The first-order valence-electron chi connectivity index (χ1n) is 11.0. The summed E-state index contributed by atoms with van der Waals surface area (Å²) in [5, 5.41) is 54.7. The molecule has 0 unspecified atom stereocenters. The Hall–Kier alpha value is -4.16. The van der Waals surface area contributed by atoms with Gasteiger partial charge in [0.2, 0.25) is 0 Å². The molecule has 4 rings (SSSR count). The number of benzene rings is 4. The molecule has 0 aliphatic rings. The quantitative estimate of drug-likeness (QED) is 0.105. The second-order valence-electron chi connectivity index (χ2n) is 8.24. The van der Waals surface area contributed by atoms with Crippen LogP contribution in [0.2, 0.25) is 0 Å². The number of aromatic hydroxyl groups is 4. The Morgan fingerprint density at radius 1 is 0.450 bits per heavy atom. The van der Waals surface area contributed by atoms with Crippen molar-refractivity contribution in [2.45, 2.75) is 0 Å². The topological polar surface area (TPSA) is 245 Å². The number of nitrogens with zero attached hydrogens (tertiary/aromatic N) is 4. The van der Waals surface area contributed by atoms with E-state index in [0.717, 1.165) is 35.4 Å². The number of azo groups is 2. The van der Waals surface area contributed by atoms with E-state index >= 15 is 0 Å². The van der Waals surface area contributed by atoms with Crippen molar-refractivity contribution < 1.29 is 44.3 Å². The van der Waals surface area contributed by atoms with Gasteiger partial charge in [-0.15, -0.1) is 0 Å². The molecule has 206 valence electrons. The zero-order valence-corrected chi connectivity index (χ0v) is 23.8. The molecule has 4 aromatic carbocycles. The Bertz CT molecular complexity index is 1600. The van der Waals surface area contributed by atoms with E-state index in [4.69, 9.17) is 0 Å². The summed E-state index contributed by atoms with van der Waals surface area (Å²) < 4.78 is 59.3. The Morgan fingerprint density at radius 2 is 0.775 bits per heavy atom. The molecule has 0 amide bonds. The van der Waals surface area contributed by atoms with Crippen LogP contribution in [0.1, 0.15) is 0 Å².